The summed E-state index contributed by atoms with van der Waals surface area (Å²) in [6.07, 6.45) is 0. The first-order valence-corrected chi connectivity index (χ1v) is 11.2. The molecule has 35 heavy (non-hydrogen) atoms. The van der Waals surface area contributed by atoms with Gasteiger partial charge in [-0.15, -0.1) is 0 Å². The van der Waals surface area contributed by atoms with Gasteiger partial charge < -0.3 is 19.2 Å². The summed E-state index contributed by atoms with van der Waals surface area (Å²) in [5.41, 5.74) is 7.49. The molecule has 0 saturated carbocycles. The minimum Gasteiger partial charge on any atom is -0.485 e. The van der Waals surface area contributed by atoms with Crippen molar-refractivity contribution in [2.45, 2.75) is 40.2 Å². The Labute approximate surface area is 203 Å². The van der Waals surface area contributed by atoms with Crippen LogP contribution in [-0.4, -0.2) is 24.5 Å². The maximum Gasteiger partial charge on any atom is 0.338 e. The highest BCUT2D eigenvalue weighted by atomic mass is 16.5. The quantitative estimate of drug-likeness (QED) is 0.311. The lowest BCUT2D eigenvalue weighted by Crippen LogP contribution is -2.43. The van der Waals surface area contributed by atoms with Gasteiger partial charge in [0.15, 0.2) is 5.76 Å². The Bertz CT molecular complexity index is 1180. The molecule has 3 amide bonds. The fraction of sp³-hybridized carbons (Fsp3) is 0.269. The predicted octanol–water partition coefficient (Wildman–Crippen LogP) is 4.93. The highest BCUT2D eigenvalue weighted by Gasteiger charge is 2.14. The third kappa shape index (κ3) is 7.10. The van der Waals surface area contributed by atoms with Crippen LogP contribution in [0.1, 0.15) is 64.5 Å². The normalized spacial score (nSPS) is 10.5. The number of hydrogen-bond donors (Lipinski definition) is 3. The van der Waals surface area contributed by atoms with E-state index in [2.05, 4.69) is 30.0 Å². The molecular weight excluding hydrogens is 450 g/mol. The van der Waals surface area contributed by atoms with Gasteiger partial charge in [0.2, 0.25) is 0 Å². The molecule has 0 aliphatic carbocycles. The van der Waals surface area contributed by atoms with Gasteiger partial charge in [-0.2, -0.15) is 0 Å². The molecule has 3 aromatic rings. The summed E-state index contributed by atoms with van der Waals surface area (Å²) < 4.78 is 16.4. The van der Waals surface area contributed by atoms with Crippen molar-refractivity contribution in [3.05, 3.63) is 82.8 Å². The molecule has 2 aromatic carbocycles. The monoisotopic (exact) mass is 479 g/mol. The van der Waals surface area contributed by atoms with Crippen molar-refractivity contribution in [1.82, 2.24) is 10.9 Å². The lowest BCUT2D eigenvalue weighted by Gasteiger charge is -2.14. The Morgan fingerprint density at radius 1 is 0.971 bits per heavy atom. The van der Waals surface area contributed by atoms with Crippen molar-refractivity contribution in [3.8, 4) is 5.75 Å². The van der Waals surface area contributed by atoms with Crippen LogP contribution in [0.25, 0.3) is 0 Å². The number of furan rings is 1. The van der Waals surface area contributed by atoms with Crippen molar-refractivity contribution in [2.75, 3.05) is 11.9 Å². The fourth-order valence-electron chi connectivity index (χ4n) is 3.21. The van der Waals surface area contributed by atoms with E-state index >= 15 is 0 Å². The van der Waals surface area contributed by atoms with Crippen LogP contribution in [-0.2, 0) is 11.3 Å². The van der Waals surface area contributed by atoms with Crippen LogP contribution in [0.15, 0.2) is 59.0 Å². The molecule has 9 heteroatoms. The van der Waals surface area contributed by atoms with Crippen LogP contribution in [0, 0.1) is 6.92 Å². The van der Waals surface area contributed by atoms with Crippen LogP contribution in [0.5, 0.6) is 5.75 Å². The van der Waals surface area contributed by atoms with Crippen molar-refractivity contribution >= 4 is 23.6 Å². The number of urea groups is 1. The van der Waals surface area contributed by atoms with Gasteiger partial charge in [-0.25, -0.2) is 15.0 Å². The number of hydrazine groups is 1. The highest BCUT2D eigenvalue weighted by Crippen LogP contribution is 2.28. The number of carbonyl (C=O) groups excluding carboxylic acids is 3. The van der Waals surface area contributed by atoms with E-state index in [1.807, 2.05) is 25.1 Å². The molecule has 9 nitrogen and oxygen atoms in total. The molecule has 3 rings (SSSR count). The molecule has 1 heterocycles. The zero-order valence-corrected chi connectivity index (χ0v) is 20.1. The highest BCUT2D eigenvalue weighted by molar-refractivity contribution is 5.96. The SMILES string of the molecule is CCOC(=O)c1ccc(NC(=O)NNC(=O)c2ccc(COc3cc(C)ccc3C(C)C)o2)cc1. The summed E-state index contributed by atoms with van der Waals surface area (Å²) in [6.45, 7) is 8.33. The minimum absolute atomic E-state index is 0.0241. The van der Waals surface area contributed by atoms with Gasteiger partial charge >= 0.3 is 17.9 Å². The van der Waals surface area contributed by atoms with Crippen LogP contribution in [0.3, 0.4) is 0 Å². The van der Waals surface area contributed by atoms with Crippen molar-refractivity contribution in [1.29, 1.82) is 0 Å². The van der Waals surface area contributed by atoms with Crippen molar-refractivity contribution in [2.24, 2.45) is 0 Å². The van der Waals surface area contributed by atoms with Gasteiger partial charge in [-0.3, -0.25) is 10.2 Å². The topological polar surface area (TPSA) is 119 Å². The number of anilines is 1. The summed E-state index contributed by atoms with van der Waals surface area (Å²) in [7, 11) is 0. The third-order valence-corrected chi connectivity index (χ3v) is 4.99. The first-order chi connectivity index (χ1) is 16.8. The Morgan fingerprint density at radius 2 is 1.71 bits per heavy atom. The third-order valence-electron chi connectivity index (χ3n) is 4.99. The van der Waals surface area contributed by atoms with Crippen LogP contribution in [0.2, 0.25) is 0 Å². The van der Waals surface area contributed by atoms with E-state index in [0.29, 0.717) is 22.9 Å². The van der Waals surface area contributed by atoms with Crippen molar-refractivity contribution < 1.29 is 28.3 Å². The van der Waals surface area contributed by atoms with E-state index in [9.17, 15) is 14.4 Å². The second kappa shape index (κ2) is 11.7. The van der Waals surface area contributed by atoms with Gasteiger partial charge in [0, 0.05) is 5.69 Å². The van der Waals surface area contributed by atoms with E-state index in [0.717, 1.165) is 16.9 Å². The van der Waals surface area contributed by atoms with Crippen LogP contribution < -0.4 is 20.9 Å². The van der Waals surface area contributed by atoms with Crippen LogP contribution >= 0.6 is 0 Å². The number of hydrogen-bond acceptors (Lipinski definition) is 6. The molecule has 0 saturated heterocycles. The number of nitrogens with one attached hydrogen (secondary N) is 3. The molecule has 0 aliphatic heterocycles. The minimum atomic E-state index is -0.669. The molecular formula is C26H29N3O6. The smallest absolute Gasteiger partial charge is 0.338 e. The molecule has 0 atom stereocenters. The first-order valence-electron chi connectivity index (χ1n) is 11.2. The standard InChI is InChI=1S/C26H29N3O6/c1-5-33-25(31)18-7-9-19(10-8-18)27-26(32)29-28-24(30)22-13-11-20(35-22)15-34-23-14-17(4)6-12-21(23)16(2)3/h6-14,16H,5,15H2,1-4H3,(H,28,30)(H2,27,29,32). The lowest BCUT2D eigenvalue weighted by molar-refractivity contribution is 0.0526. The maximum absolute atomic E-state index is 12.3. The number of rotatable bonds is 8. The average Bonchev–Trinajstić information content (AvgIpc) is 3.31. The fourth-order valence-corrected chi connectivity index (χ4v) is 3.21. The Kier molecular flexibility index (Phi) is 8.50. The van der Waals surface area contributed by atoms with E-state index in [1.54, 1.807) is 25.1 Å². The number of benzene rings is 2. The van der Waals surface area contributed by atoms with Gasteiger partial charge in [0.25, 0.3) is 0 Å². The number of carbonyl (C=O) groups is 3. The molecule has 0 aliphatic rings. The molecule has 3 N–H and O–H groups in total. The Balaban J connectivity index is 1.49. The maximum atomic E-state index is 12.3. The second-order valence-corrected chi connectivity index (χ2v) is 8.08. The Morgan fingerprint density at radius 3 is 2.40 bits per heavy atom. The molecule has 0 fully saturated rings. The molecule has 1 aromatic heterocycles. The summed E-state index contributed by atoms with van der Waals surface area (Å²) in [6, 6.07) is 14.7. The van der Waals surface area contributed by atoms with E-state index in [1.165, 1.54) is 18.2 Å². The number of esters is 1. The molecule has 0 unspecified atom stereocenters. The average molecular weight is 480 g/mol. The number of ether oxygens (including phenoxy) is 2. The summed E-state index contributed by atoms with van der Waals surface area (Å²) >= 11 is 0. The zero-order chi connectivity index (χ0) is 25.4. The molecule has 184 valence electrons. The summed E-state index contributed by atoms with van der Waals surface area (Å²) in [5.74, 6) is 0.501. The largest absolute Gasteiger partial charge is 0.485 e. The van der Waals surface area contributed by atoms with E-state index < -0.39 is 17.9 Å². The first kappa shape index (κ1) is 25.4. The lowest BCUT2D eigenvalue weighted by atomic mass is 10.0. The molecule has 0 spiro atoms. The Hall–Kier alpha value is -4.27. The molecule has 0 bridgehead atoms. The second-order valence-electron chi connectivity index (χ2n) is 8.08. The van der Waals surface area contributed by atoms with Gasteiger partial charge in [-0.05, 0) is 73.4 Å². The van der Waals surface area contributed by atoms with E-state index in [-0.39, 0.29) is 19.0 Å². The van der Waals surface area contributed by atoms with E-state index in [4.69, 9.17) is 13.9 Å². The number of amides is 3. The summed E-state index contributed by atoms with van der Waals surface area (Å²) in [5, 5.41) is 2.54. The van der Waals surface area contributed by atoms with Crippen LogP contribution in [0.4, 0.5) is 10.5 Å². The zero-order valence-electron chi connectivity index (χ0n) is 20.1. The van der Waals surface area contributed by atoms with Gasteiger partial charge in [0.05, 0.1) is 12.2 Å². The number of aryl methyl sites for hydroxylation is 1. The molecule has 0 radical (unpaired) electrons. The van der Waals surface area contributed by atoms with Gasteiger partial charge in [0.1, 0.15) is 18.1 Å². The van der Waals surface area contributed by atoms with Gasteiger partial charge in [-0.1, -0.05) is 26.0 Å². The predicted molar refractivity (Wildman–Crippen MR) is 130 cm³/mol. The summed E-state index contributed by atoms with van der Waals surface area (Å²) in [4.78, 5) is 36.1. The van der Waals surface area contributed by atoms with Crippen molar-refractivity contribution in [3.63, 3.8) is 0 Å².